The molecule has 0 aromatic heterocycles. The average molecular weight is 369 g/mol. The molecule has 2 amide bonds. The van der Waals surface area contributed by atoms with Crippen LogP contribution in [-0.4, -0.2) is 29.5 Å². The Morgan fingerprint density at radius 1 is 1.11 bits per heavy atom. The summed E-state index contributed by atoms with van der Waals surface area (Å²) in [5.41, 5.74) is 0.815. The van der Waals surface area contributed by atoms with E-state index < -0.39 is 29.6 Å². The Kier molecular flexibility index (Phi) is 4.94. The number of carbonyl (C=O) groups excluding carboxylic acids is 2. The third kappa shape index (κ3) is 4.31. The molecule has 0 spiro atoms. The third-order valence-corrected chi connectivity index (χ3v) is 3.73. The second-order valence-corrected chi connectivity index (χ2v) is 7.04. The Bertz CT molecular complexity index is 919. The van der Waals surface area contributed by atoms with Gasteiger partial charge in [0.2, 0.25) is 6.17 Å². The molecule has 3 rings (SSSR count). The molecule has 6 nitrogen and oxygen atoms in total. The highest BCUT2D eigenvalue weighted by molar-refractivity contribution is 6.19. The Morgan fingerprint density at radius 3 is 2.41 bits per heavy atom. The number of benzene rings is 2. The van der Waals surface area contributed by atoms with Crippen molar-refractivity contribution in [3.05, 3.63) is 65.5 Å². The number of para-hydroxylation sites is 1. The quantitative estimate of drug-likeness (QED) is 0.851. The minimum absolute atomic E-state index is 0.234. The normalized spacial score (nSPS) is 16.5. The molecule has 0 saturated heterocycles. The molecule has 1 atom stereocenters. The van der Waals surface area contributed by atoms with Crippen molar-refractivity contribution in [1.82, 2.24) is 5.32 Å². The first-order chi connectivity index (χ1) is 12.7. The van der Waals surface area contributed by atoms with Crippen LogP contribution in [0, 0.1) is 5.82 Å². The number of fused-ring (bicyclic) bond motifs is 1. The maximum absolute atomic E-state index is 14.4. The van der Waals surface area contributed by atoms with Crippen LogP contribution in [-0.2, 0) is 9.53 Å². The van der Waals surface area contributed by atoms with E-state index in [4.69, 9.17) is 4.74 Å². The molecule has 0 fully saturated rings. The fourth-order valence-corrected chi connectivity index (χ4v) is 2.64. The van der Waals surface area contributed by atoms with Gasteiger partial charge < -0.3 is 10.1 Å². The maximum Gasteiger partial charge on any atom is 0.409 e. The minimum Gasteiger partial charge on any atom is -0.444 e. The Labute approximate surface area is 156 Å². The van der Waals surface area contributed by atoms with E-state index in [1.54, 1.807) is 63.2 Å². The topological polar surface area (TPSA) is 79.8 Å². The van der Waals surface area contributed by atoms with Crippen LogP contribution in [0.2, 0.25) is 0 Å². The predicted octanol–water partition coefficient (Wildman–Crippen LogP) is 3.47. The second kappa shape index (κ2) is 7.19. The molecule has 2 aromatic rings. The summed E-state index contributed by atoms with van der Waals surface area (Å²) in [6, 6.07) is 13.1. The molecule has 27 heavy (non-hydrogen) atoms. The number of ether oxygens (including phenoxy) is 1. The molecule has 0 aliphatic carbocycles. The highest BCUT2D eigenvalue weighted by Gasteiger charge is 2.29. The van der Waals surface area contributed by atoms with Crippen LogP contribution >= 0.6 is 0 Å². The number of rotatable bonds is 2. The van der Waals surface area contributed by atoms with Crippen LogP contribution in [0.5, 0.6) is 0 Å². The van der Waals surface area contributed by atoms with Crippen molar-refractivity contribution < 1.29 is 18.7 Å². The van der Waals surface area contributed by atoms with E-state index in [0.717, 1.165) is 0 Å². The molecular formula is C20H20FN3O3. The van der Waals surface area contributed by atoms with Gasteiger partial charge in [-0.3, -0.25) is 10.1 Å². The van der Waals surface area contributed by atoms with Crippen LogP contribution in [0.25, 0.3) is 0 Å². The number of benzodiazepines with no additional fused rings is 1. The van der Waals surface area contributed by atoms with Gasteiger partial charge in [-0.1, -0.05) is 30.3 Å². The zero-order valence-electron chi connectivity index (χ0n) is 15.2. The summed E-state index contributed by atoms with van der Waals surface area (Å²) in [6.45, 7) is 5.14. The minimum atomic E-state index is -1.26. The van der Waals surface area contributed by atoms with Gasteiger partial charge in [0, 0.05) is 11.1 Å². The first-order valence-corrected chi connectivity index (χ1v) is 8.47. The second-order valence-electron chi connectivity index (χ2n) is 7.04. The van der Waals surface area contributed by atoms with Gasteiger partial charge in [0.15, 0.2) is 0 Å². The van der Waals surface area contributed by atoms with Crippen LogP contribution < -0.4 is 10.6 Å². The summed E-state index contributed by atoms with van der Waals surface area (Å²) < 4.78 is 19.6. The monoisotopic (exact) mass is 369 g/mol. The first-order valence-electron chi connectivity index (χ1n) is 8.47. The summed E-state index contributed by atoms with van der Waals surface area (Å²) in [4.78, 5) is 29.0. The summed E-state index contributed by atoms with van der Waals surface area (Å²) in [5, 5.41) is 5.15. The lowest BCUT2D eigenvalue weighted by atomic mass is 10.0. The molecule has 1 aliphatic rings. The summed E-state index contributed by atoms with van der Waals surface area (Å²) in [7, 11) is 0. The van der Waals surface area contributed by atoms with Crippen LogP contribution in [0.1, 0.15) is 31.9 Å². The third-order valence-electron chi connectivity index (χ3n) is 3.73. The van der Waals surface area contributed by atoms with Crippen molar-refractivity contribution in [2.45, 2.75) is 32.5 Å². The van der Waals surface area contributed by atoms with Gasteiger partial charge in [0.05, 0.1) is 11.4 Å². The molecule has 0 unspecified atom stereocenters. The van der Waals surface area contributed by atoms with E-state index in [9.17, 15) is 14.0 Å². The summed E-state index contributed by atoms with van der Waals surface area (Å²) in [5.74, 6) is -1.02. The zero-order chi connectivity index (χ0) is 19.6. The summed E-state index contributed by atoms with van der Waals surface area (Å²) in [6.07, 6.45) is -2.05. The lowest BCUT2D eigenvalue weighted by Gasteiger charge is -2.21. The number of hydrogen-bond acceptors (Lipinski definition) is 4. The highest BCUT2D eigenvalue weighted by Crippen LogP contribution is 2.25. The molecular weight excluding hydrogens is 349 g/mol. The van der Waals surface area contributed by atoms with Crippen molar-refractivity contribution >= 4 is 23.4 Å². The predicted molar refractivity (Wildman–Crippen MR) is 100 cm³/mol. The van der Waals surface area contributed by atoms with E-state index in [1.165, 1.54) is 6.07 Å². The number of amides is 2. The fourth-order valence-electron chi connectivity index (χ4n) is 2.64. The lowest BCUT2D eigenvalue weighted by Crippen LogP contribution is -2.44. The molecule has 1 heterocycles. The maximum atomic E-state index is 14.4. The van der Waals surface area contributed by atoms with E-state index >= 15 is 0 Å². The average Bonchev–Trinajstić information content (AvgIpc) is 2.71. The highest BCUT2D eigenvalue weighted by atomic mass is 19.1. The zero-order valence-corrected chi connectivity index (χ0v) is 15.2. The first kappa shape index (κ1) is 18.6. The van der Waals surface area contributed by atoms with Crippen molar-refractivity contribution in [3.8, 4) is 0 Å². The van der Waals surface area contributed by atoms with Gasteiger partial charge in [-0.15, -0.1) is 0 Å². The van der Waals surface area contributed by atoms with Gasteiger partial charge in [-0.2, -0.15) is 0 Å². The van der Waals surface area contributed by atoms with E-state index in [-0.39, 0.29) is 11.3 Å². The van der Waals surface area contributed by atoms with Gasteiger partial charge >= 0.3 is 6.09 Å². The molecule has 2 aromatic carbocycles. The van der Waals surface area contributed by atoms with E-state index in [1.807, 2.05) is 0 Å². The summed E-state index contributed by atoms with van der Waals surface area (Å²) >= 11 is 0. The van der Waals surface area contributed by atoms with Gasteiger partial charge in [0.1, 0.15) is 11.4 Å². The lowest BCUT2D eigenvalue weighted by molar-refractivity contribution is -0.118. The van der Waals surface area contributed by atoms with Crippen molar-refractivity contribution in [3.63, 3.8) is 0 Å². The number of carbonyl (C=O) groups is 2. The SMILES string of the molecule is CC(C)(C)OC(=O)N[C@H]1N=C(c2ccccc2F)c2ccccc2NC1=O. The molecule has 1 aliphatic heterocycles. The largest absolute Gasteiger partial charge is 0.444 e. The Morgan fingerprint density at radius 2 is 1.74 bits per heavy atom. The number of alkyl carbamates (subject to hydrolysis) is 1. The molecule has 140 valence electrons. The van der Waals surface area contributed by atoms with Gasteiger partial charge in [-0.25, -0.2) is 14.2 Å². The van der Waals surface area contributed by atoms with Crippen molar-refractivity contribution in [2.75, 3.05) is 5.32 Å². The van der Waals surface area contributed by atoms with Crippen molar-refractivity contribution in [2.24, 2.45) is 4.99 Å². The smallest absolute Gasteiger partial charge is 0.409 e. The Balaban J connectivity index is 2.04. The molecule has 2 N–H and O–H groups in total. The number of nitrogens with zero attached hydrogens (tertiary/aromatic N) is 1. The fraction of sp³-hybridized carbons (Fsp3) is 0.250. The standard InChI is InChI=1S/C20H20FN3O3/c1-20(2,3)27-19(26)24-17-18(25)22-15-11-7-5-9-13(15)16(23-17)12-8-4-6-10-14(12)21/h4-11,17H,1-3H3,(H,22,25)(H,24,26)/t17-/m1/s1. The van der Waals surface area contributed by atoms with Gasteiger partial charge in [0.25, 0.3) is 5.91 Å². The van der Waals surface area contributed by atoms with Crippen molar-refractivity contribution in [1.29, 1.82) is 0 Å². The Hall–Kier alpha value is -3.22. The number of anilines is 1. The molecule has 0 radical (unpaired) electrons. The van der Waals surface area contributed by atoms with E-state index in [2.05, 4.69) is 15.6 Å². The van der Waals surface area contributed by atoms with Crippen LogP contribution in [0.3, 0.4) is 0 Å². The number of nitrogens with one attached hydrogen (secondary N) is 2. The van der Waals surface area contributed by atoms with Crippen LogP contribution in [0.15, 0.2) is 53.5 Å². The molecule has 0 saturated carbocycles. The molecule has 7 heteroatoms. The number of hydrogen-bond donors (Lipinski definition) is 2. The van der Waals surface area contributed by atoms with Crippen LogP contribution in [0.4, 0.5) is 14.9 Å². The van der Waals surface area contributed by atoms with E-state index in [0.29, 0.717) is 11.3 Å². The number of halogens is 1. The number of aliphatic imine (C=N–C) groups is 1. The molecule has 0 bridgehead atoms. The van der Waals surface area contributed by atoms with Gasteiger partial charge in [-0.05, 0) is 39.0 Å².